The van der Waals surface area contributed by atoms with Crippen molar-refractivity contribution in [2.75, 3.05) is 19.4 Å². The fourth-order valence-electron chi connectivity index (χ4n) is 2.91. The van der Waals surface area contributed by atoms with E-state index in [1.165, 1.54) is 19.2 Å². The van der Waals surface area contributed by atoms with Gasteiger partial charge in [0.1, 0.15) is 5.75 Å². The standard InChI is InChI=1S/C20H20ClN3O4S/c1-28-16-10-15(22)14(21)9-13(16)18(25)23-7-6-11-2-4-12(5-3-11)8-17-19(26)24-20(27)29-17/h2-5,9-10,17H,6-8,22H2,1H3,(H,23,25)(H,24,26,27). The summed E-state index contributed by atoms with van der Waals surface area (Å²) in [4.78, 5) is 35.3. The average Bonchev–Trinajstić information content (AvgIpc) is 3.01. The molecule has 0 bridgehead atoms. The predicted molar refractivity (Wildman–Crippen MR) is 114 cm³/mol. The Morgan fingerprint density at radius 2 is 1.93 bits per heavy atom. The van der Waals surface area contributed by atoms with Crippen LogP contribution in [-0.4, -0.2) is 36.0 Å². The number of benzene rings is 2. The number of imide groups is 1. The number of methoxy groups -OCH3 is 1. The monoisotopic (exact) mass is 433 g/mol. The summed E-state index contributed by atoms with van der Waals surface area (Å²) in [5, 5.41) is 4.74. The second kappa shape index (κ2) is 9.19. The average molecular weight is 434 g/mol. The summed E-state index contributed by atoms with van der Waals surface area (Å²) in [6.07, 6.45) is 1.13. The second-order valence-corrected chi connectivity index (χ2v) is 8.07. The third-order valence-electron chi connectivity index (χ3n) is 4.47. The lowest BCUT2D eigenvalue weighted by atomic mass is 10.1. The van der Waals surface area contributed by atoms with Crippen molar-refractivity contribution in [3.8, 4) is 5.75 Å². The van der Waals surface area contributed by atoms with Crippen LogP contribution in [0.15, 0.2) is 36.4 Å². The molecule has 1 fully saturated rings. The van der Waals surface area contributed by atoms with Crippen LogP contribution in [0.5, 0.6) is 5.75 Å². The van der Waals surface area contributed by atoms with Crippen LogP contribution in [-0.2, 0) is 17.6 Å². The van der Waals surface area contributed by atoms with E-state index >= 15 is 0 Å². The van der Waals surface area contributed by atoms with E-state index < -0.39 is 0 Å². The number of hydrogen-bond donors (Lipinski definition) is 3. The normalized spacial score (nSPS) is 15.9. The minimum atomic E-state index is -0.380. The van der Waals surface area contributed by atoms with Crippen LogP contribution < -0.4 is 21.1 Å². The van der Waals surface area contributed by atoms with Gasteiger partial charge in [0, 0.05) is 12.6 Å². The number of amides is 3. The largest absolute Gasteiger partial charge is 0.496 e. The maximum atomic E-state index is 12.4. The molecule has 2 aromatic carbocycles. The molecule has 7 nitrogen and oxygen atoms in total. The van der Waals surface area contributed by atoms with Gasteiger partial charge >= 0.3 is 0 Å². The van der Waals surface area contributed by atoms with E-state index in [1.807, 2.05) is 24.3 Å². The Balaban J connectivity index is 1.53. The van der Waals surface area contributed by atoms with E-state index in [-0.39, 0.29) is 22.3 Å². The zero-order chi connectivity index (χ0) is 21.0. The van der Waals surface area contributed by atoms with Gasteiger partial charge in [-0.1, -0.05) is 47.6 Å². The lowest BCUT2D eigenvalue weighted by Gasteiger charge is -2.11. The number of ether oxygens (including phenoxy) is 1. The van der Waals surface area contributed by atoms with Crippen molar-refractivity contribution in [2.24, 2.45) is 0 Å². The SMILES string of the molecule is COc1cc(N)c(Cl)cc1C(=O)NCCc1ccc(CC2SC(=O)NC2=O)cc1. The zero-order valence-corrected chi connectivity index (χ0v) is 17.2. The topological polar surface area (TPSA) is 111 Å². The molecule has 2 aromatic rings. The molecule has 152 valence electrons. The molecule has 1 heterocycles. The minimum absolute atomic E-state index is 0.245. The third kappa shape index (κ3) is 5.21. The van der Waals surface area contributed by atoms with Gasteiger partial charge in [-0.25, -0.2) is 0 Å². The van der Waals surface area contributed by atoms with Gasteiger partial charge in [0.05, 0.1) is 28.6 Å². The summed E-state index contributed by atoms with van der Waals surface area (Å²) in [7, 11) is 1.46. The smallest absolute Gasteiger partial charge is 0.286 e. The first-order valence-electron chi connectivity index (χ1n) is 8.88. The van der Waals surface area contributed by atoms with Crippen LogP contribution in [0.25, 0.3) is 0 Å². The van der Waals surface area contributed by atoms with E-state index in [0.717, 1.165) is 22.9 Å². The van der Waals surface area contributed by atoms with E-state index in [0.29, 0.717) is 41.4 Å². The molecule has 3 amide bonds. The van der Waals surface area contributed by atoms with Crippen LogP contribution >= 0.6 is 23.4 Å². The number of nitrogens with two attached hydrogens (primary N) is 1. The number of carbonyl (C=O) groups is 3. The number of halogens is 1. The highest BCUT2D eigenvalue weighted by atomic mass is 35.5. The molecule has 1 atom stereocenters. The van der Waals surface area contributed by atoms with Crippen molar-refractivity contribution < 1.29 is 19.1 Å². The summed E-state index contributed by atoms with van der Waals surface area (Å²) in [6, 6.07) is 10.8. The molecular weight excluding hydrogens is 414 g/mol. The molecule has 1 saturated heterocycles. The van der Waals surface area contributed by atoms with Crippen molar-refractivity contribution in [1.29, 1.82) is 0 Å². The molecule has 0 aromatic heterocycles. The molecule has 1 aliphatic rings. The van der Waals surface area contributed by atoms with Crippen LogP contribution in [0.3, 0.4) is 0 Å². The Morgan fingerprint density at radius 3 is 2.55 bits per heavy atom. The number of anilines is 1. The summed E-state index contributed by atoms with van der Waals surface area (Å²) in [5.41, 5.74) is 8.42. The van der Waals surface area contributed by atoms with Gasteiger partial charge < -0.3 is 15.8 Å². The molecule has 0 spiro atoms. The number of hydrogen-bond acceptors (Lipinski definition) is 6. The molecular formula is C20H20ClN3O4S. The van der Waals surface area contributed by atoms with Gasteiger partial charge in [-0.3, -0.25) is 19.7 Å². The molecule has 4 N–H and O–H groups in total. The fraction of sp³-hybridized carbons (Fsp3) is 0.250. The Morgan fingerprint density at radius 1 is 1.24 bits per heavy atom. The Kier molecular flexibility index (Phi) is 6.66. The van der Waals surface area contributed by atoms with Crippen molar-refractivity contribution >= 4 is 46.1 Å². The number of carbonyl (C=O) groups excluding carboxylic acids is 3. The predicted octanol–water partition coefficient (Wildman–Crippen LogP) is 2.80. The third-order valence-corrected chi connectivity index (χ3v) is 5.78. The Labute approximate surface area is 177 Å². The van der Waals surface area contributed by atoms with Crippen LogP contribution in [0.2, 0.25) is 5.02 Å². The molecule has 3 rings (SSSR count). The molecule has 0 radical (unpaired) electrons. The maximum absolute atomic E-state index is 12.4. The molecule has 9 heteroatoms. The first-order valence-corrected chi connectivity index (χ1v) is 10.1. The van der Waals surface area contributed by atoms with Crippen molar-refractivity contribution in [3.63, 3.8) is 0 Å². The second-order valence-electron chi connectivity index (χ2n) is 6.48. The molecule has 29 heavy (non-hydrogen) atoms. The van der Waals surface area contributed by atoms with E-state index in [1.54, 1.807) is 0 Å². The molecule has 1 aliphatic heterocycles. The summed E-state index contributed by atoms with van der Waals surface area (Å²) in [6.45, 7) is 0.429. The van der Waals surface area contributed by atoms with Crippen molar-refractivity contribution in [2.45, 2.75) is 18.1 Å². The number of nitrogen functional groups attached to an aromatic ring is 1. The van der Waals surface area contributed by atoms with Gasteiger partial charge in [0.25, 0.3) is 11.1 Å². The molecule has 0 aliphatic carbocycles. The van der Waals surface area contributed by atoms with Gasteiger partial charge in [-0.05, 0) is 30.0 Å². The van der Waals surface area contributed by atoms with Gasteiger partial charge in [-0.15, -0.1) is 0 Å². The van der Waals surface area contributed by atoms with Crippen LogP contribution in [0.1, 0.15) is 21.5 Å². The Hall–Kier alpha value is -2.71. The van der Waals surface area contributed by atoms with E-state index in [2.05, 4.69) is 10.6 Å². The van der Waals surface area contributed by atoms with Crippen LogP contribution in [0.4, 0.5) is 10.5 Å². The first kappa shape index (κ1) is 21.0. The zero-order valence-electron chi connectivity index (χ0n) is 15.7. The first-order chi connectivity index (χ1) is 13.9. The van der Waals surface area contributed by atoms with Gasteiger partial charge in [0.15, 0.2) is 0 Å². The quantitative estimate of drug-likeness (QED) is 0.579. The van der Waals surface area contributed by atoms with Gasteiger partial charge in [0.2, 0.25) is 5.91 Å². The van der Waals surface area contributed by atoms with Crippen LogP contribution in [0, 0.1) is 0 Å². The number of nitrogens with one attached hydrogen (secondary N) is 2. The highest BCUT2D eigenvalue weighted by Gasteiger charge is 2.31. The lowest BCUT2D eigenvalue weighted by Crippen LogP contribution is -2.26. The highest BCUT2D eigenvalue weighted by molar-refractivity contribution is 8.15. The Bertz CT molecular complexity index is 949. The minimum Gasteiger partial charge on any atom is -0.496 e. The van der Waals surface area contributed by atoms with Crippen molar-refractivity contribution in [1.82, 2.24) is 10.6 Å². The summed E-state index contributed by atoms with van der Waals surface area (Å²) < 4.78 is 5.20. The summed E-state index contributed by atoms with van der Waals surface area (Å²) in [5.74, 6) is -0.180. The summed E-state index contributed by atoms with van der Waals surface area (Å²) >= 11 is 7.02. The lowest BCUT2D eigenvalue weighted by molar-refractivity contribution is -0.118. The molecule has 1 unspecified atom stereocenters. The van der Waals surface area contributed by atoms with E-state index in [9.17, 15) is 14.4 Å². The number of rotatable bonds is 7. The highest BCUT2D eigenvalue weighted by Crippen LogP contribution is 2.28. The van der Waals surface area contributed by atoms with E-state index in [4.69, 9.17) is 22.1 Å². The van der Waals surface area contributed by atoms with Crippen molar-refractivity contribution in [3.05, 3.63) is 58.1 Å². The maximum Gasteiger partial charge on any atom is 0.286 e. The molecule has 0 saturated carbocycles. The number of thioether (sulfide) groups is 1. The fourth-order valence-corrected chi connectivity index (χ4v) is 3.94. The van der Waals surface area contributed by atoms with Gasteiger partial charge in [-0.2, -0.15) is 0 Å².